The van der Waals surface area contributed by atoms with Gasteiger partial charge in [-0.3, -0.25) is 0 Å². The summed E-state index contributed by atoms with van der Waals surface area (Å²) in [7, 11) is -2.26. The maximum Gasteiger partial charge on any atom is 0.245 e. The van der Waals surface area contributed by atoms with Gasteiger partial charge in [-0.25, -0.2) is 12.8 Å². The molecule has 0 heterocycles. The highest BCUT2D eigenvalue weighted by molar-refractivity contribution is 7.89. The highest BCUT2D eigenvalue weighted by Crippen LogP contribution is 2.27. The second-order valence-corrected chi connectivity index (χ2v) is 7.80. The minimum atomic E-state index is -3.82. The molecular formula is C15H21ClFNO2S. The summed E-state index contributed by atoms with van der Waals surface area (Å²) in [5, 5.41) is 0. The Bertz CT molecular complexity index is 583. The first-order chi connectivity index (χ1) is 9.96. The monoisotopic (exact) mass is 333 g/mol. The lowest BCUT2D eigenvalue weighted by Gasteiger charge is -2.26. The van der Waals surface area contributed by atoms with Gasteiger partial charge in [0.15, 0.2) is 0 Å². The SMILES string of the molecule is CN(C1CCCCCC1)S(=O)(=O)c1cc(CCl)ccc1F. The van der Waals surface area contributed by atoms with E-state index in [2.05, 4.69) is 0 Å². The average Bonchev–Trinajstić information content (AvgIpc) is 2.75. The first-order valence-corrected chi connectivity index (χ1v) is 9.26. The van der Waals surface area contributed by atoms with Crippen LogP contribution in [0, 0.1) is 5.82 Å². The fourth-order valence-electron chi connectivity index (χ4n) is 2.80. The van der Waals surface area contributed by atoms with Crippen LogP contribution in [0.4, 0.5) is 4.39 Å². The fourth-order valence-corrected chi connectivity index (χ4v) is 4.50. The quantitative estimate of drug-likeness (QED) is 0.619. The third-order valence-electron chi connectivity index (χ3n) is 4.15. The Morgan fingerprint density at radius 2 is 1.86 bits per heavy atom. The summed E-state index contributed by atoms with van der Waals surface area (Å²) in [6.45, 7) is 0. The van der Waals surface area contributed by atoms with Crippen molar-refractivity contribution in [3.8, 4) is 0 Å². The summed E-state index contributed by atoms with van der Waals surface area (Å²) in [6.07, 6.45) is 6.00. The Balaban J connectivity index is 2.31. The van der Waals surface area contributed by atoms with Crippen molar-refractivity contribution in [3.63, 3.8) is 0 Å². The number of rotatable bonds is 4. The number of sulfonamides is 1. The maximum absolute atomic E-state index is 14.0. The molecule has 0 radical (unpaired) electrons. The van der Waals surface area contributed by atoms with Gasteiger partial charge in [-0.15, -0.1) is 11.6 Å². The molecule has 0 bridgehead atoms. The first kappa shape index (κ1) is 16.7. The summed E-state index contributed by atoms with van der Waals surface area (Å²) in [6, 6.07) is 3.97. The molecule has 2 rings (SSSR count). The minimum absolute atomic E-state index is 0.0449. The van der Waals surface area contributed by atoms with Gasteiger partial charge in [0.25, 0.3) is 0 Å². The Morgan fingerprint density at radius 3 is 2.43 bits per heavy atom. The molecule has 1 aliphatic carbocycles. The van der Waals surface area contributed by atoms with E-state index in [4.69, 9.17) is 11.6 Å². The lowest BCUT2D eigenvalue weighted by Crippen LogP contribution is -2.37. The van der Waals surface area contributed by atoms with Gasteiger partial charge in [0.05, 0.1) is 0 Å². The Hall–Kier alpha value is -0.650. The number of nitrogens with zero attached hydrogens (tertiary/aromatic N) is 1. The summed E-state index contributed by atoms with van der Waals surface area (Å²) >= 11 is 5.72. The topological polar surface area (TPSA) is 37.4 Å². The molecular weight excluding hydrogens is 313 g/mol. The molecule has 0 saturated heterocycles. The highest BCUT2D eigenvalue weighted by atomic mass is 35.5. The lowest BCUT2D eigenvalue weighted by atomic mass is 10.1. The summed E-state index contributed by atoms with van der Waals surface area (Å²) in [4.78, 5) is -0.271. The maximum atomic E-state index is 14.0. The van der Waals surface area contributed by atoms with Crippen LogP contribution in [0.25, 0.3) is 0 Å². The molecule has 0 aromatic heterocycles. The van der Waals surface area contributed by atoms with Crippen molar-refractivity contribution >= 4 is 21.6 Å². The van der Waals surface area contributed by atoms with Crippen LogP contribution < -0.4 is 0 Å². The van der Waals surface area contributed by atoms with E-state index in [0.717, 1.165) is 38.5 Å². The van der Waals surface area contributed by atoms with E-state index in [1.165, 1.54) is 22.5 Å². The van der Waals surface area contributed by atoms with E-state index in [9.17, 15) is 12.8 Å². The number of benzene rings is 1. The summed E-state index contributed by atoms with van der Waals surface area (Å²) in [5.41, 5.74) is 0.603. The van der Waals surface area contributed by atoms with E-state index >= 15 is 0 Å². The van der Waals surface area contributed by atoms with Crippen LogP contribution in [-0.2, 0) is 15.9 Å². The van der Waals surface area contributed by atoms with Gasteiger partial charge in [0, 0.05) is 19.0 Å². The molecule has 0 N–H and O–H groups in total. The number of alkyl halides is 1. The first-order valence-electron chi connectivity index (χ1n) is 7.29. The predicted octanol–water partition coefficient (Wildman–Crippen LogP) is 3.91. The molecule has 0 amide bonds. The van der Waals surface area contributed by atoms with Crippen molar-refractivity contribution in [2.45, 2.75) is 55.3 Å². The van der Waals surface area contributed by atoms with E-state index in [1.54, 1.807) is 7.05 Å². The molecule has 6 heteroatoms. The summed E-state index contributed by atoms with van der Waals surface area (Å²) in [5.74, 6) is -0.556. The number of halogens is 2. The van der Waals surface area contributed by atoms with Gasteiger partial charge in [-0.1, -0.05) is 31.7 Å². The number of hydrogen-bond donors (Lipinski definition) is 0. The van der Waals surface area contributed by atoms with Crippen LogP contribution >= 0.6 is 11.6 Å². The molecule has 0 unspecified atom stereocenters. The molecule has 1 aromatic rings. The molecule has 21 heavy (non-hydrogen) atoms. The van der Waals surface area contributed by atoms with Crippen molar-refractivity contribution in [1.82, 2.24) is 4.31 Å². The molecule has 1 saturated carbocycles. The van der Waals surface area contributed by atoms with Crippen LogP contribution in [0.5, 0.6) is 0 Å². The molecule has 118 valence electrons. The van der Waals surface area contributed by atoms with Gasteiger partial charge < -0.3 is 0 Å². The van der Waals surface area contributed by atoms with Crippen molar-refractivity contribution in [3.05, 3.63) is 29.6 Å². The van der Waals surface area contributed by atoms with Gasteiger partial charge >= 0.3 is 0 Å². The largest absolute Gasteiger partial charge is 0.245 e. The van der Waals surface area contributed by atoms with Crippen molar-refractivity contribution in [2.75, 3.05) is 7.05 Å². The Morgan fingerprint density at radius 1 is 1.24 bits per heavy atom. The van der Waals surface area contributed by atoms with Crippen LogP contribution in [0.15, 0.2) is 23.1 Å². The molecule has 3 nitrogen and oxygen atoms in total. The van der Waals surface area contributed by atoms with Crippen LogP contribution in [0.1, 0.15) is 44.1 Å². The second kappa shape index (κ2) is 7.07. The molecule has 1 fully saturated rings. The predicted molar refractivity (Wildman–Crippen MR) is 82.4 cm³/mol. The highest BCUT2D eigenvalue weighted by Gasteiger charge is 2.30. The van der Waals surface area contributed by atoms with Crippen molar-refractivity contribution in [1.29, 1.82) is 0 Å². The average molecular weight is 334 g/mol. The minimum Gasteiger partial charge on any atom is -0.207 e. The smallest absolute Gasteiger partial charge is 0.207 e. The Labute approximate surface area is 131 Å². The van der Waals surface area contributed by atoms with E-state index in [-0.39, 0.29) is 16.8 Å². The third kappa shape index (κ3) is 3.76. The van der Waals surface area contributed by atoms with Gasteiger partial charge in [-0.05, 0) is 30.5 Å². The van der Waals surface area contributed by atoms with E-state index in [1.807, 2.05) is 0 Å². The molecule has 0 aliphatic heterocycles. The van der Waals surface area contributed by atoms with Crippen LogP contribution in [-0.4, -0.2) is 25.8 Å². The van der Waals surface area contributed by atoms with Crippen molar-refractivity contribution < 1.29 is 12.8 Å². The van der Waals surface area contributed by atoms with Crippen LogP contribution in [0.2, 0.25) is 0 Å². The molecule has 1 aromatic carbocycles. The van der Waals surface area contributed by atoms with Gasteiger partial charge in [0.1, 0.15) is 10.7 Å². The van der Waals surface area contributed by atoms with E-state index in [0.29, 0.717) is 5.56 Å². The zero-order chi connectivity index (χ0) is 15.5. The fraction of sp³-hybridized carbons (Fsp3) is 0.600. The normalized spacial score (nSPS) is 17.9. The third-order valence-corrected chi connectivity index (χ3v) is 6.38. The molecule has 1 aliphatic rings. The lowest BCUT2D eigenvalue weighted by molar-refractivity contribution is 0.334. The molecule has 0 spiro atoms. The van der Waals surface area contributed by atoms with E-state index < -0.39 is 15.8 Å². The summed E-state index contributed by atoms with van der Waals surface area (Å²) < 4.78 is 40.7. The zero-order valence-electron chi connectivity index (χ0n) is 12.2. The molecule has 0 atom stereocenters. The standard InChI is InChI=1S/C15H21ClFNO2S/c1-18(13-6-4-2-3-5-7-13)21(19,20)15-10-12(11-16)8-9-14(15)17/h8-10,13H,2-7,11H2,1H3. The van der Waals surface area contributed by atoms with Crippen LogP contribution in [0.3, 0.4) is 0 Å². The van der Waals surface area contributed by atoms with Crippen molar-refractivity contribution in [2.24, 2.45) is 0 Å². The Kier molecular flexibility index (Phi) is 5.63. The second-order valence-electron chi connectivity index (χ2n) is 5.57. The number of hydrogen-bond acceptors (Lipinski definition) is 2. The zero-order valence-corrected chi connectivity index (χ0v) is 13.8. The van der Waals surface area contributed by atoms with Gasteiger partial charge in [-0.2, -0.15) is 4.31 Å². The van der Waals surface area contributed by atoms with Gasteiger partial charge in [0.2, 0.25) is 10.0 Å².